The average Bonchev–Trinajstić information content (AvgIpc) is 3.16. The molecule has 0 saturated heterocycles. The van der Waals surface area contributed by atoms with Crippen LogP contribution in [0.2, 0.25) is 0 Å². The number of ether oxygens (including phenoxy) is 3. The largest absolute Gasteiger partial charge is 0.494 e. The Hall–Kier alpha value is -2.92. The SMILES string of the molecule is CCOc1ccc([C@H]2c3cccn3CCCN2Cc2ccc(OC)c(OC)c2)cc1. The highest BCUT2D eigenvalue weighted by Gasteiger charge is 2.27. The van der Waals surface area contributed by atoms with Crippen molar-refractivity contribution in [3.05, 3.63) is 77.6 Å². The molecule has 2 aromatic carbocycles. The minimum atomic E-state index is 0.186. The molecule has 5 nitrogen and oxygen atoms in total. The van der Waals surface area contributed by atoms with E-state index >= 15 is 0 Å². The van der Waals surface area contributed by atoms with E-state index in [9.17, 15) is 0 Å². The molecule has 5 heteroatoms. The van der Waals surface area contributed by atoms with Gasteiger partial charge in [0.1, 0.15) is 5.75 Å². The summed E-state index contributed by atoms with van der Waals surface area (Å²) in [6.45, 7) is 5.59. The van der Waals surface area contributed by atoms with Crippen molar-refractivity contribution in [1.29, 1.82) is 0 Å². The van der Waals surface area contributed by atoms with Gasteiger partial charge < -0.3 is 18.8 Å². The average molecular weight is 407 g/mol. The zero-order valence-electron chi connectivity index (χ0n) is 18.0. The molecule has 3 aromatic rings. The molecule has 1 aliphatic heterocycles. The van der Waals surface area contributed by atoms with E-state index in [1.165, 1.54) is 16.8 Å². The molecule has 4 rings (SSSR count). The van der Waals surface area contributed by atoms with Gasteiger partial charge in [-0.15, -0.1) is 0 Å². The summed E-state index contributed by atoms with van der Waals surface area (Å²) in [5.41, 5.74) is 3.82. The number of fused-ring (bicyclic) bond motifs is 1. The molecule has 1 aliphatic rings. The third-order valence-corrected chi connectivity index (χ3v) is 5.69. The lowest BCUT2D eigenvalue weighted by Gasteiger charge is -2.31. The van der Waals surface area contributed by atoms with E-state index in [-0.39, 0.29) is 6.04 Å². The fraction of sp³-hybridized carbons (Fsp3) is 0.360. The predicted octanol–water partition coefficient (Wildman–Crippen LogP) is 4.90. The summed E-state index contributed by atoms with van der Waals surface area (Å²) in [7, 11) is 3.35. The van der Waals surface area contributed by atoms with Gasteiger partial charge in [0.2, 0.25) is 0 Å². The molecule has 0 unspecified atom stereocenters. The molecule has 1 atom stereocenters. The molecular formula is C25H30N2O3. The van der Waals surface area contributed by atoms with Gasteiger partial charge in [-0.05, 0) is 60.9 Å². The fourth-order valence-corrected chi connectivity index (χ4v) is 4.32. The van der Waals surface area contributed by atoms with Gasteiger partial charge in [0.25, 0.3) is 0 Å². The Morgan fingerprint density at radius 1 is 0.933 bits per heavy atom. The van der Waals surface area contributed by atoms with Crippen molar-refractivity contribution in [1.82, 2.24) is 9.47 Å². The van der Waals surface area contributed by atoms with Gasteiger partial charge >= 0.3 is 0 Å². The van der Waals surface area contributed by atoms with Crippen molar-refractivity contribution in [3.8, 4) is 17.2 Å². The minimum Gasteiger partial charge on any atom is -0.494 e. The predicted molar refractivity (Wildman–Crippen MR) is 118 cm³/mol. The van der Waals surface area contributed by atoms with E-state index in [2.05, 4.69) is 64.2 Å². The summed E-state index contributed by atoms with van der Waals surface area (Å²) >= 11 is 0. The minimum absolute atomic E-state index is 0.186. The van der Waals surface area contributed by atoms with Crippen LogP contribution in [0.25, 0.3) is 0 Å². The molecule has 0 fully saturated rings. The third kappa shape index (κ3) is 4.17. The van der Waals surface area contributed by atoms with Crippen LogP contribution in [-0.4, -0.2) is 36.8 Å². The van der Waals surface area contributed by atoms with Crippen molar-refractivity contribution in [3.63, 3.8) is 0 Å². The number of methoxy groups -OCH3 is 2. The molecule has 30 heavy (non-hydrogen) atoms. The van der Waals surface area contributed by atoms with Crippen LogP contribution in [0.4, 0.5) is 0 Å². The summed E-state index contributed by atoms with van der Waals surface area (Å²) in [5, 5.41) is 0. The number of hydrogen-bond acceptors (Lipinski definition) is 4. The van der Waals surface area contributed by atoms with Gasteiger partial charge in [-0.2, -0.15) is 0 Å². The van der Waals surface area contributed by atoms with Crippen LogP contribution >= 0.6 is 0 Å². The quantitative estimate of drug-likeness (QED) is 0.559. The van der Waals surface area contributed by atoms with Gasteiger partial charge in [-0.1, -0.05) is 18.2 Å². The lowest BCUT2D eigenvalue weighted by molar-refractivity contribution is 0.220. The first-order chi connectivity index (χ1) is 14.7. The molecule has 0 N–H and O–H groups in total. The Balaban J connectivity index is 1.68. The fourth-order valence-electron chi connectivity index (χ4n) is 4.32. The number of nitrogens with zero attached hydrogens (tertiary/aromatic N) is 2. The monoisotopic (exact) mass is 406 g/mol. The molecule has 0 radical (unpaired) electrons. The zero-order valence-corrected chi connectivity index (χ0v) is 18.0. The van der Waals surface area contributed by atoms with Crippen molar-refractivity contribution in [2.24, 2.45) is 0 Å². The van der Waals surface area contributed by atoms with E-state index in [1.54, 1.807) is 14.2 Å². The summed E-state index contributed by atoms with van der Waals surface area (Å²) in [6.07, 6.45) is 3.30. The Morgan fingerprint density at radius 2 is 1.73 bits per heavy atom. The normalized spacial score (nSPS) is 16.6. The molecule has 158 valence electrons. The highest BCUT2D eigenvalue weighted by molar-refractivity contribution is 5.43. The number of aromatic nitrogens is 1. The number of aryl methyl sites for hydroxylation is 1. The number of rotatable bonds is 7. The topological polar surface area (TPSA) is 35.9 Å². The van der Waals surface area contributed by atoms with Crippen molar-refractivity contribution >= 4 is 0 Å². The smallest absolute Gasteiger partial charge is 0.161 e. The number of hydrogen-bond donors (Lipinski definition) is 0. The van der Waals surface area contributed by atoms with Crippen molar-refractivity contribution in [2.75, 3.05) is 27.4 Å². The Morgan fingerprint density at radius 3 is 2.47 bits per heavy atom. The van der Waals surface area contributed by atoms with E-state index in [1.807, 2.05) is 13.0 Å². The Bertz CT molecular complexity index is 965. The molecule has 1 aromatic heterocycles. The molecule has 0 bridgehead atoms. The Labute approximate surface area is 178 Å². The van der Waals surface area contributed by atoms with Gasteiger partial charge in [0.05, 0.1) is 26.9 Å². The van der Waals surface area contributed by atoms with Crippen LogP contribution in [0.3, 0.4) is 0 Å². The molecule has 0 amide bonds. The zero-order chi connectivity index (χ0) is 20.9. The maximum absolute atomic E-state index is 5.65. The highest BCUT2D eigenvalue weighted by Crippen LogP contribution is 2.35. The van der Waals surface area contributed by atoms with E-state index in [0.717, 1.165) is 43.3 Å². The Kier molecular flexibility index (Phi) is 6.29. The van der Waals surface area contributed by atoms with Crippen molar-refractivity contribution in [2.45, 2.75) is 32.5 Å². The maximum atomic E-state index is 5.65. The van der Waals surface area contributed by atoms with Gasteiger partial charge in [0.15, 0.2) is 11.5 Å². The lowest BCUT2D eigenvalue weighted by atomic mass is 10.0. The van der Waals surface area contributed by atoms with Gasteiger partial charge in [-0.25, -0.2) is 0 Å². The summed E-state index contributed by atoms with van der Waals surface area (Å²) in [6, 6.07) is 19.3. The second-order valence-electron chi connectivity index (χ2n) is 7.54. The second kappa shape index (κ2) is 9.26. The van der Waals surface area contributed by atoms with Crippen LogP contribution in [0, 0.1) is 0 Å². The molecule has 0 aliphatic carbocycles. The van der Waals surface area contributed by atoms with Gasteiger partial charge in [-0.3, -0.25) is 4.90 Å². The third-order valence-electron chi connectivity index (χ3n) is 5.69. The molecule has 2 heterocycles. The van der Waals surface area contributed by atoms with Crippen molar-refractivity contribution < 1.29 is 14.2 Å². The number of benzene rings is 2. The first-order valence-electron chi connectivity index (χ1n) is 10.6. The van der Waals surface area contributed by atoms with Crippen LogP contribution in [-0.2, 0) is 13.1 Å². The highest BCUT2D eigenvalue weighted by atomic mass is 16.5. The van der Waals surface area contributed by atoms with E-state index < -0.39 is 0 Å². The van der Waals surface area contributed by atoms with Crippen LogP contribution in [0.5, 0.6) is 17.2 Å². The van der Waals surface area contributed by atoms with E-state index in [0.29, 0.717) is 6.61 Å². The lowest BCUT2D eigenvalue weighted by Crippen LogP contribution is -2.29. The second-order valence-corrected chi connectivity index (χ2v) is 7.54. The first-order valence-corrected chi connectivity index (χ1v) is 10.6. The summed E-state index contributed by atoms with van der Waals surface area (Å²) in [5.74, 6) is 2.44. The molecule has 0 spiro atoms. The van der Waals surface area contributed by atoms with Crippen LogP contribution in [0.15, 0.2) is 60.8 Å². The first kappa shape index (κ1) is 20.4. The van der Waals surface area contributed by atoms with E-state index in [4.69, 9.17) is 14.2 Å². The van der Waals surface area contributed by atoms with Crippen LogP contribution < -0.4 is 14.2 Å². The molecular weight excluding hydrogens is 376 g/mol. The molecule has 0 saturated carbocycles. The summed E-state index contributed by atoms with van der Waals surface area (Å²) < 4.78 is 19.0. The standard InChI is InChI=1S/C25H30N2O3/c1-4-30-21-11-9-20(10-12-21)25-22-7-5-14-26(22)15-6-16-27(25)18-19-8-13-23(28-2)24(17-19)29-3/h5,7-14,17,25H,4,6,15-16,18H2,1-3H3/t25-/m0/s1. The summed E-state index contributed by atoms with van der Waals surface area (Å²) in [4.78, 5) is 2.55. The maximum Gasteiger partial charge on any atom is 0.161 e. The van der Waals surface area contributed by atoms with Gasteiger partial charge in [0, 0.05) is 31.5 Å². The van der Waals surface area contributed by atoms with Crippen LogP contribution in [0.1, 0.15) is 36.2 Å².